The summed E-state index contributed by atoms with van der Waals surface area (Å²) in [6.45, 7) is 4.18. The molecule has 20 heavy (non-hydrogen) atoms. The van der Waals surface area contributed by atoms with Crippen LogP contribution in [0.25, 0.3) is 0 Å². The Morgan fingerprint density at radius 2 is 2.35 bits per heavy atom. The maximum absolute atomic E-state index is 12.1. The highest BCUT2D eigenvalue weighted by Gasteiger charge is 2.70. The summed E-state index contributed by atoms with van der Waals surface area (Å²) < 4.78 is 0. The molecule has 2 aliphatic rings. The van der Waals surface area contributed by atoms with Gasteiger partial charge in [-0.25, -0.2) is 4.79 Å². The Kier molecular flexibility index (Phi) is 3.17. The quantitative estimate of drug-likeness (QED) is 0.865. The van der Waals surface area contributed by atoms with Gasteiger partial charge in [0.25, 0.3) is 0 Å². The first-order valence-corrected chi connectivity index (χ1v) is 7.30. The zero-order valence-electron chi connectivity index (χ0n) is 11.9. The Bertz CT molecular complexity index is 506. The van der Waals surface area contributed by atoms with E-state index in [1.807, 2.05) is 29.3 Å². The van der Waals surface area contributed by atoms with Crippen LogP contribution >= 0.6 is 0 Å². The number of amides is 2. The van der Waals surface area contributed by atoms with Crippen molar-refractivity contribution in [2.24, 2.45) is 11.1 Å². The molecule has 1 saturated carbocycles. The number of nitrogens with one attached hydrogen (secondary N) is 1. The molecule has 1 aliphatic carbocycles. The maximum Gasteiger partial charge on any atom is 0.317 e. The lowest BCUT2D eigenvalue weighted by molar-refractivity contribution is 0.199. The minimum Gasteiger partial charge on any atom is -0.338 e. The number of pyridine rings is 1. The number of aromatic nitrogens is 1. The van der Waals surface area contributed by atoms with E-state index in [0.29, 0.717) is 6.54 Å². The highest BCUT2D eigenvalue weighted by molar-refractivity contribution is 5.75. The lowest BCUT2D eigenvalue weighted by Crippen LogP contribution is -2.43. The summed E-state index contributed by atoms with van der Waals surface area (Å²) in [5.74, 6) is 0. The zero-order valence-corrected chi connectivity index (χ0v) is 11.9. The molecule has 2 heterocycles. The number of nitrogens with two attached hydrogens (primary N) is 1. The van der Waals surface area contributed by atoms with Gasteiger partial charge in [0.2, 0.25) is 0 Å². The average molecular weight is 274 g/mol. The smallest absolute Gasteiger partial charge is 0.317 e. The Hall–Kier alpha value is -1.62. The molecule has 0 aromatic carbocycles. The summed E-state index contributed by atoms with van der Waals surface area (Å²) in [5.41, 5.74) is 7.33. The number of carbonyl (C=O) groups is 1. The molecule has 2 atom stereocenters. The van der Waals surface area contributed by atoms with Crippen LogP contribution in [-0.2, 0) is 6.42 Å². The number of likely N-dealkylation sites (tertiary alicyclic amines) is 1. The van der Waals surface area contributed by atoms with Crippen LogP contribution in [0.15, 0.2) is 24.4 Å². The molecule has 2 amide bonds. The molecule has 5 nitrogen and oxygen atoms in total. The van der Waals surface area contributed by atoms with Crippen LogP contribution in [0, 0.1) is 5.41 Å². The summed E-state index contributed by atoms with van der Waals surface area (Å²) in [5, 5.41) is 2.93. The van der Waals surface area contributed by atoms with Crippen LogP contribution < -0.4 is 11.1 Å². The molecule has 3 rings (SSSR count). The van der Waals surface area contributed by atoms with Gasteiger partial charge in [0, 0.05) is 42.5 Å². The Morgan fingerprint density at radius 1 is 1.50 bits per heavy atom. The molecule has 3 N–H and O–H groups in total. The van der Waals surface area contributed by atoms with Crippen molar-refractivity contribution in [3.05, 3.63) is 30.1 Å². The molecule has 2 fully saturated rings. The van der Waals surface area contributed by atoms with E-state index in [-0.39, 0.29) is 17.0 Å². The lowest BCUT2D eigenvalue weighted by Gasteiger charge is -2.21. The van der Waals surface area contributed by atoms with Crippen LogP contribution in [-0.4, -0.2) is 41.1 Å². The second-order valence-corrected chi connectivity index (χ2v) is 6.20. The van der Waals surface area contributed by atoms with Crippen molar-refractivity contribution in [1.82, 2.24) is 15.2 Å². The van der Waals surface area contributed by atoms with E-state index in [4.69, 9.17) is 5.73 Å². The van der Waals surface area contributed by atoms with Crippen molar-refractivity contribution in [2.45, 2.75) is 31.7 Å². The zero-order chi connectivity index (χ0) is 14.2. The second-order valence-electron chi connectivity index (χ2n) is 6.20. The summed E-state index contributed by atoms with van der Waals surface area (Å²) in [6, 6.07) is 5.97. The molecular weight excluding hydrogens is 252 g/mol. The van der Waals surface area contributed by atoms with Crippen LogP contribution in [0.3, 0.4) is 0 Å². The van der Waals surface area contributed by atoms with E-state index >= 15 is 0 Å². The molecule has 0 radical (unpaired) electrons. The Labute approximate surface area is 119 Å². The molecule has 0 bridgehead atoms. The standard InChI is InChI=1S/C15H22N4O/c1-2-6-18-13(20)19-10-14(9-15(14,16)11-19)8-12-5-3-4-7-17-12/h3-5,7H,2,6,8-11,16H2,1H3,(H,18,20). The first-order valence-electron chi connectivity index (χ1n) is 7.30. The number of fused-ring (bicyclic) bond motifs is 1. The number of hydrogen-bond acceptors (Lipinski definition) is 3. The van der Waals surface area contributed by atoms with Crippen molar-refractivity contribution >= 4 is 6.03 Å². The summed E-state index contributed by atoms with van der Waals surface area (Å²) in [6.07, 6.45) is 4.62. The van der Waals surface area contributed by atoms with Gasteiger partial charge >= 0.3 is 6.03 Å². The topological polar surface area (TPSA) is 71.2 Å². The highest BCUT2D eigenvalue weighted by atomic mass is 16.2. The van der Waals surface area contributed by atoms with Crippen LogP contribution in [0.5, 0.6) is 0 Å². The summed E-state index contributed by atoms with van der Waals surface area (Å²) >= 11 is 0. The third-order valence-electron chi connectivity index (χ3n) is 4.61. The van der Waals surface area contributed by atoms with Gasteiger partial charge in [0.1, 0.15) is 0 Å². The fourth-order valence-corrected chi connectivity index (χ4v) is 3.39. The number of rotatable bonds is 4. The van der Waals surface area contributed by atoms with E-state index < -0.39 is 0 Å². The number of hydrogen-bond donors (Lipinski definition) is 2. The van der Waals surface area contributed by atoms with Crippen molar-refractivity contribution in [3.8, 4) is 0 Å². The van der Waals surface area contributed by atoms with Gasteiger partial charge in [0.15, 0.2) is 0 Å². The fourth-order valence-electron chi connectivity index (χ4n) is 3.39. The molecule has 1 aliphatic heterocycles. The van der Waals surface area contributed by atoms with Crippen molar-refractivity contribution in [3.63, 3.8) is 0 Å². The molecule has 1 aromatic heterocycles. The normalized spacial score (nSPS) is 31.0. The lowest BCUT2D eigenvalue weighted by atomic mass is 9.96. The van der Waals surface area contributed by atoms with Gasteiger partial charge in [-0.3, -0.25) is 4.98 Å². The highest BCUT2D eigenvalue weighted by Crippen LogP contribution is 2.61. The van der Waals surface area contributed by atoms with Gasteiger partial charge in [0.05, 0.1) is 0 Å². The van der Waals surface area contributed by atoms with E-state index in [9.17, 15) is 4.79 Å². The third-order valence-corrected chi connectivity index (χ3v) is 4.61. The van der Waals surface area contributed by atoms with E-state index in [1.54, 1.807) is 0 Å². The monoisotopic (exact) mass is 274 g/mol. The number of carbonyl (C=O) groups excluding carboxylic acids is 1. The van der Waals surface area contributed by atoms with Crippen molar-refractivity contribution < 1.29 is 4.79 Å². The predicted octanol–water partition coefficient (Wildman–Crippen LogP) is 1.15. The van der Waals surface area contributed by atoms with Crippen LogP contribution in [0.2, 0.25) is 0 Å². The number of urea groups is 1. The van der Waals surface area contributed by atoms with Gasteiger partial charge in [-0.15, -0.1) is 0 Å². The first-order chi connectivity index (χ1) is 9.59. The number of nitrogens with zero attached hydrogens (tertiary/aromatic N) is 2. The second kappa shape index (κ2) is 4.74. The van der Waals surface area contributed by atoms with Gasteiger partial charge in [-0.1, -0.05) is 13.0 Å². The van der Waals surface area contributed by atoms with E-state index in [2.05, 4.69) is 17.2 Å². The minimum absolute atomic E-state index is 0.0178. The van der Waals surface area contributed by atoms with Crippen molar-refractivity contribution in [2.75, 3.05) is 19.6 Å². The molecular formula is C15H22N4O. The molecule has 1 saturated heterocycles. The molecule has 5 heteroatoms. The average Bonchev–Trinajstić information content (AvgIpc) is 2.88. The van der Waals surface area contributed by atoms with Gasteiger partial charge in [-0.2, -0.15) is 0 Å². The molecule has 1 aromatic rings. The SMILES string of the molecule is CCCNC(=O)N1CC2(N)CC2(Cc2ccccn2)C1. The van der Waals surface area contributed by atoms with Crippen LogP contribution in [0.4, 0.5) is 4.79 Å². The first kappa shape index (κ1) is 13.4. The van der Waals surface area contributed by atoms with Crippen LogP contribution in [0.1, 0.15) is 25.5 Å². The summed E-state index contributed by atoms with van der Waals surface area (Å²) in [7, 11) is 0. The van der Waals surface area contributed by atoms with Crippen molar-refractivity contribution in [1.29, 1.82) is 0 Å². The van der Waals surface area contributed by atoms with Gasteiger partial charge < -0.3 is 16.0 Å². The van der Waals surface area contributed by atoms with Gasteiger partial charge in [-0.05, 0) is 31.4 Å². The number of piperidine rings is 1. The third kappa shape index (κ3) is 2.16. The van der Waals surface area contributed by atoms with E-state index in [1.165, 1.54) is 0 Å². The Morgan fingerprint density at radius 3 is 3.05 bits per heavy atom. The Balaban J connectivity index is 1.66. The maximum atomic E-state index is 12.1. The predicted molar refractivity (Wildman–Crippen MR) is 77.2 cm³/mol. The molecule has 0 spiro atoms. The van der Waals surface area contributed by atoms with E-state index in [0.717, 1.165) is 38.0 Å². The minimum atomic E-state index is -0.214. The fraction of sp³-hybridized carbons (Fsp3) is 0.600. The molecule has 108 valence electrons. The largest absolute Gasteiger partial charge is 0.338 e. The molecule has 2 unspecified atom stereocenters. The summed E-state index contributed by atoms with van der Waals surface area (Å²) in [4.78, 5) is 18.3.